The number of benzene rings is 2. The van der Waals surface area contributed by atoms with Gasteiger partial charge >= 0.3 is 5.97 Å². The van der Waals surface area contributed by atoms with Crippen LogP contribution in [-0.2, 0) is 23.9 Å². The van der Waals surface area contributed by atoms with E-state index in [0.717, 1.165) is 0 Å². The van der Waals surface area contributed by atoms with Gasteiger partial charge in [-0.25, -0.2) is 4.79 Å². The molecular weight excluding hydrogens is 399 g/mol. The van der Waals surface area contributed by atoms with Gasteiger partial charge in [-0.15, -0.1) is 0 Å². The van der Waals surface area contributed by atoms with E-state index in [-0.39, 0.29) is 5.56 Å². The van der Waals surface area contributed by atoms with Gasteiger partial charge in [-0.3, -0.25) is 9.68 Å². The normalized spacial score (nSPS) is 12.1. The van der Waals surface area contributed by atoms with Gasteiger partial charge in [-0.1, -0.05) is 36.4 Å². The molecule has 0 fully saturated rings. The molecule has 29 heavy (non-hydrogen) atoms. The van der Waals surface area contributed by atoms with Crippen LogP contribution < -0.4 is 9.47 Å². The molecule has 0 amide bonds. The third-order valence-corrected chi connectivity index (χ3v) is 3.90. The first kappa shape index (κ1) is 24.4. The van der Waals surface area contributed by atoms with Gasteiger partial charge in [0.15, 0.2) is 12.1 Å². The standard InChI is InChI=1S/C20H22O7.H3OP/c1-13(23-2)26-27-20(22)17(14-9-6-5-7-10-14)19(21)18-15(24-3)11-8-12-16(18)25-4;1-2/h5-13,17H,1-4H3;2H3. The average molecular weight is 424 g/mol. The molecule has 0 aliphatic carbocycles. The fourth-order valence-electron chi connectivity index (χ4n) is 2.48. The molecule has 0 N–H and O–H groups in total. The summed E-state index contributed by atoms with van der Waals surface area (Å²) in [5, 5.41) is 0. The number of Topliss-reactive ketones (excluding diaryl/α,β-unsaturated/α-hetero) is 1. The minimum Gasteiger partial charge on any atom is -0.496 e. The van der Waals surface area contributed by atoms with Crippen molar-refractivity contribution < 1.29 is 38.1 Å². The first-order valence-electron chi connectivity index (χ1n) is 8.52. The molecule has 0 radical (unpaired) electrons. The zero-order valence-corrected chi connectivity index (χ0v) is 18.2. The summed E-state index contributed by atoms with van der Waals surface area (Å²) in [6.07, 6.45) is -0.777. The molecule has 2 aromatic carbocycles. The lowest BCUT2D eigenvalue weighted by Gasteiger charge is -2.18. The molecule has 2 aromatic rings. The monoisotopic (exact) mass is 424 g/mol. The van der Waals surface area contributed by atoms with Gasteiger partial charge in [0.05, 0.1) is 23.3 Å². The molecule has 0 aliphatic heterocycles. The number of methoxy groups -OCH3 is 3. The molecule has 0 spiro atoms. The van der Waals surface area contributed by atoms with Crippen LogP contribution in [0, 0.1) is 0 Å². The maximum atomic E-state index is 13.3. The van der Waals surface area contributed by atoms with Crippen LogP contribution in [0.25, 0.3) is 0 Å². The predicted molar refractivity (Wildman–Crippen MR) is 108 cm³/mol. The topological polar surface area (TPSA) is 97.4 Å². The van der Waals surface area contributed by atoms with Crippen molar-refractivity contribution in [1.29, 1.82) is 0 Å². The highest BCUT2D eigenvalue weighted by molar-refractivity contribution is 7.00. The largest absolute Gasteiger partial charge is 0.496 e. The summed E-state index contributed by atoms with van der Waals surface area (Å²) < 4.78 is 23.7. The van der Waals surface area contributed by atoms with Crippen molar-refractivity contribution in [3.8, 4) is 11.5 Å². The smallest absolute Gasteiger partial charge is 0.357 e. The van der Waals surface area contributed by atoms with E-state index in [9.17, 15) is 9.59 Å². The summed E-state index contributed by atoms with van der Waals surface area (Å²) in [4.78, 5) is 35.7. The number of rotatable bonds is 9. The van der Waals surface area contributed by atoms with Gasteiger partial charge in [-0.2, -0.15) is 4.89 Å². The SMILES string of the molecule is COc1cccc(OC)c1C(=O)C(C(=O)OOC(C)OC)c1ccccc1.O=[PH3]. The van der Waals surface area contributed by atoms with Crippen LogP contribution >= 0.6 is 9.12 Å². The molecule has 3 unspecified atom stereocenters. The van der Waals surface area contributed by atoms with Crippen molar-refractivity contribution in [2.75, 3.05) is 21.3 Å². The molecule has 0 aromatic heterocycles. The number of hydrogen-bond donors (Lipinski definition) is 0. The maximum Gasteiger partial charge on any atom is 0.357 e. The van der Waals surface area contributed by atoms with Gasteiger partial charge in [0.2, 0.25) is 0 Å². The highest BCUT2D eigenvalue weighted by Gasteiger charge is 2.35. The molecule has 3 atom stereocenters. The lowest BCUT2D eigenvalue weighted by molar-refractivity contribution is -0.342. The fourth-order valence-corrected chi connectivity index (χ4v) is 2.48. The Hall–Kier alpha value is -2.67. The van der Waals surface area contributed by atoms with E-state index in [1.165, 1.54) is 21.3 Å². The van der Waals surface area contributed by atoms with Crippen molar-refractivity contribution in [2.24, 2.45) is 0 Å². The van der Waals surface area contributed by atoms with Gasteiger partial charge in [0.1, 0.15) is 23.0 Å². The Kier molecular flexibility index (Phi) is 10.7. The second-order valence-corrected chi connectivity index (χ2v) is 5.55. The van der Waals surface area contributed by atoms with Gasteiger partial charge in [-0.05, 0) is 24.6 Å². The number of hydrogen-bond acceptors (Lipinski definition) is 8. The molecular formula is C20H25O8P. The van der Waals surface area contributed by atoms with E-state index in [0.29, 0.717) is 26.2 Å². The Labute approximate surface area is 171 Å². The van der Waals surface area contributed by atoms with Gasteiger partial charge < -0.3 is 18.8 Å². The lowest BCUT2D eigenvalue weighted by atomic mass is 9.90. The van der Waals surface area contributed by atoms with Crippen molar-refractivity contribution in [1.82, 2.24) is 0 Å². The van der Waals surface area contributed by atoms with Crippen LogP contribution in [0.4, 0.5) is 0 Å². The van der Waals surface area contributed by atoms with E-state index < -0.39 is 24.0 Å². The van der Waals surface area contributed by atoms with Gasteiger partial charge in [0.25, 0.3) is 0 Å². The highest BCUT2D eigenvalue weighted by atomic mass is 31.0. The van der Waals surface area contributed by atoms with Crippen LogP contribution in [0.5, 0.6) is 11.5 Å². The zero-order valence-electron chi connectivity index (χ0n) is 16.7. The third kappa shape index (κ3) is 6.42. The Balaban J connectivity index is 0.00000204. The second kappa shape index (κ2) is 12.7. The number of carbonyl (C=O) groups is 2. The minimum absolute atomic E-state index is 0.146. The summed E-state index contributed by atoms with van der Waals surface area (Å²) >= 11 is 0. The molecule has 9 heteroatoms. The number of ether oxygens (including phenoxy) is 3. The predicted octanol–water partition coefficient (Wildman–Crippen LogP) is 3.08. The molecule has 2 rings (SSSR count). The Morgan fingerprint density at radius 1 is 0.862 bits per heavy atom. The van der Waals surface area contributed by atoms with Crippen LogP contribution in [-0.4, -0.2) is 39.4 Å². The molecule has 0 bridgehead atoms. The lowest BCUT2D eigenvalue weighted by Crippen LogP contribution is -2.27. The Bertz CT molecular complexity index is 774. The van der Waals surface area contributed by atoms with Crippen molar-refractivity contribution >= 4 is 20.9 Å². The zero-order chi connectivity index (χ0) is 21.8. The van der Waals surface area contributed by atoms with E-state index >= 15 is 0 Å². The summed E-state index contributed by atoms with van der Waals surface area (Å²) in [6, 6.07) is 13.5. The Morgan fingerprint density at radius 2 is 1.41 bits per heavy atom. The first-order valence-corrected chi connectivity index (χ1v) is 9.10. The quantitative estimate of drug-likeness (QED) is 0.151. The van der Waals surface area contributed by atoms with Crippen molar-refractivity contribution in [2.45, 2.75) is 19.1 Å². The van der Waals surface area contributed by atoms with E-state index in [1.807, 2.05) is 0 Å². The summed E-state index contributed by atoms with van der Waals surface area (Å²) in [6.45, 7) is 1.55. The number of ketones is 1. The van der Waals surface area contributed by atoms with Crippen molar-refractivity contribution in [3.05, 3.63) is 59.7 Å². The van der Waals surface area contributed by atoms with Gasteiger partial charge in [0, 0.05) is 7.11 Å². The first-order chi connectivity index (χ1) is 14.0. The maximum absolute atomic E-state index is 13.3. The van der Waals surface area contributed by atoms with Crippen LogP contribution in [0.2, 0.25) is 0 Å². The average Bonchev–Trinajstić information content (AvgIpc) is 2.78. The second-order valence-electron chi connectivity index (χ2n) is 5.55. The summed E-state index contributed by atoms with van der Waals surface area (Å²) in [5.74, 6) is -2.09. The van der Waals surface area contributed by atoms with E-state index in [4.69, 9.17) is 28.6 Å². The van der Waals surface area contributed by atoms with E-state index in [1.54, 1.807) is 55.5 Å². The molecule has 0 saturated carbocycles. The molecule has 0 aliphatic rings. The minimum atomic E-state index is -1.26. The molecule has 0 saturated heterocycles. The summed E-state index contributed by atoms with van der Waals surface area (Å²) in [5.41, 5.74) is 0.599. The molecule has 158 valence electrons. The summed E-state index contributed by atoms with van der Waals surface area (Å²) in [7, 11) is 4.88. The third-order valence-electron chi connectivity index (χ3n) is 3.90. The Morgan fingerprint density at radius 3 is 1.90 bits per heavy atom. The van der Waals surface area contributed by atoms with E-state index in [2.05, 4.69) is 0 Å². The van der Waals surface area contributed by atoms with Crippen LogP contribution in [0.3, 0.4) is 0 Å². The highest BCUT2D eigenvalue weighted by Crippen LogP contribution is 2.34. The number of carbonyl (C=O) groups excluding carboxylic acids is 2. The fraction of sp³-hybridized carbons (Fsp3) is 0.300. The van der Waals surface area contributed by atoms with Crippen LogP contribution in [0.15, 0.2) is 48.5 Å². The molecule has 0 heterocycles. The molecule has 8 nitrogen and oxygen atoms in total. The van der Waals surface area contributed by atoms with Crippen molar-refractivity contribution in [3.63, 3.8) is 0 Å². The van der Waals surface area contributed by atoms with Crippen LogP contribution in [0.1, 0.15) is 28.8 Å².